The normalized spacial score (nSPS) is 17.0. The van der Waals surface area contributed by atoms with Gasteiger partial charge in [0.2, 0.25) is 5.91 Å². The highest BCUT2D eigenvalue weighted by atomic mass is 127. The van der Waals surface area contributed by atoms with Crippen LogP contribution in [0.5, 0.6) is 0 Å². The van der Waals surface area contributed by atoms with Gasteiger partial charge in [-0.3, -0.25) is 4.79 Å². The second-order valence-electron chi connectivity index (χ2n) is 6.06. The highest BCUT2D eigenvalue weighted by Gasteiger charge is 2.32. The quantitative estimate of drug-likeness (QED) is 0.624. The smallest absolute Gasteiger partial charge is 0.247 e. The van der Waals surface area contributed by atoms with Crippen molar-refractivity contribution in [3.63, 3.8) is 0 Å². The van der Waals surface area contributed by atoms with E-state index in [1.165, 1.54) is 0 Å². The number of rotatable bonds is 3. The Kier molecular flexibility index (Phi) is 4.52. The summed E-state index contributed by atoms with van der Waals surface area (Å²) in [5.41, 5.74) is 1.72. The van der Waals surface area contributed by atoms with E-state index in [-0.39, 0.29) is 11.9 Å². The lowest BCUT2D eigenvalue weighted by Gasteiger charge is -2.25. The van der Waals surface area contributed by atoms with Crippen LogP contribution in [-0.4, -0.2) is 28.5 Å². The Labute approximate surface area is 159 Å². The summed E-state index contributed by atoms with van der Waals surface area (Å²) in [5.74, 6) is 0.854. The lowest BCUT2D eigenvalue weighted by molar-refractivity contribution is -0.117. The van der Waals surface area contributed by atoms with Gasteiger partial charge in [0.1, 0.15) is 18.2 Å². The number of nitrogens with one attached hydrogen (secondary N) is 1. The number of hydrogen-bond donors (Lipinski definition) is 1. The fourth-order valence-electron chi connectivity index (χ4n) is 3.27. The monoisotopic (exact) mass is 444 g/mol. The number of amides is 1. The number of fused-ring (bicyclic) bond motifs is 1. The van der Waals surface area contributed by atoms with E-state index in [2.05, 4.69) is 42.8 Å². The second kappa shape index (κ2) is 6.95. The molecule has 1 fully saturated rings. The maximum atomic E-state index is 12.8. The number of anilines is 2. The number of carbonyl (C=O) groups excluding carboxylic acids is 1. The summed E-state index contributed by atoms with van der Waals surface area (Å²) in [5, 5.41) is 4.02. The van der Waals surface area contributed by atoms with Crippen molar-refractivity contribution in [1.82, 2.24) is 9.97 Å². The Morgan fingerprint density at radius 1 is 1.12 bits per heavy atom. The summed E-state index contributed by atoms with van der Waals surface area (Å²) in [6, 6.07) is 15.5. The van der Waals surface area contributed by atoms with Crippen molar-refractivity contribution in [1.29, 1.82) is 0 Å². The van der Waals surface area contributed by atoms with Crippen molar-refractivity contribution in [3.8, 4) is 0 Å². The van der Waals surface area contributed by atoms with E-state index in [0.29, 0.717) is 0 Å². The number of benzene rings is 2. The van der Waals surface area contributed by atoms with Crippen LogP contribution in [0.25, 0.3) is 10.9 Å². The molecular weight excluding hydrogens is 427 g/mol. The van der Waals surface area contributed by atoms with Gasteiger partial charge in [-0.05, 0) is 71.8 Å². The largest absolute Gasteiger partial charge is 0.344 e. The minimum Gasteiger partial charge on any atom is -0.344 e. The van der Waals surface area contributed by atoms with Crippen LogP contribution in [0.4, 0.5) is 11.5 Å². The predicted molar refractivity (Wildman–Crippen MR) is 108 cm³/mol. The zero-order chi connectivity index (χ0) is 17.2. The maximum absolute atomic E-state index is 12.8. The van der Waals surface area contributed by atoms with Gasteiger partial charge >= 0.3 is 0 Å². The molecule has 0 unspecified atom stereocenters. The van der Waals surface area contributed by atoms with Gasteiger partial charge in [0.25, 0.3) is 0 Å². The van der Waals surface area contributed by atoms with E-state index in [1.54, 1.807) is 6.33 Å². The van der Waals surface area contributed by atoms with Crippen molar-refractivity contribution in [2.24, 2.45) is 0 Å². The topological polar surface area (TPSA) is 58.1 Å². The average molecular weight is 444 g/mol. The first kappa shape index (κ1) is 16.3. The molecule has 1 aliphatic rings. The third-order valence-corrected chi connectivity index (χ3v) is 5.18. The van der Waals surface area contributed by atoms with Crippen LogP contribution in [-0.2, 0) is 4.79 Å². The molecule has 2 aromatic carbocycles. The summed E-state index contributed by atoms with van der Waals surface area (Å²) in [4.78, 5) is 23.7. The second-order valence-corrected chi connectivity index (χ2v) is 7.31. The standard InChI is InChI=1S/C19H17IN4O/c20-13-7-9-14(10-8-13)23-19(25)17-6-3-11-24(17)18-15-4-1-2-5-16(15)21-12-22-18/h1-2,4-5,7-10,12,17H,3,6,11H2,(H,23,25)/t17-/m0/s1. The molecule has 126 valence electrons. The molecule has 6 heteroatoms. The molecule has 0 radical (unpaired) electrons. The van der Waals surface area contributed by atoms with Crippen LogP contribution < -0.4 is 10.2 Å². The Morgan fingerprint density at radius 2 is 1.92 bits per heavy atom. The van der Waals surface area contributed by atoms with Crippen molar-refractivity contribution < 1.29 is 4.79 Å². The van der Waals surface area contributed by atoms with Crippen LogP contribution in [0.1, 0.15) is 12.8 Å². The van der Waals surface area contributed by atoms with Crippen molar-refractivity contribution >= 4 is 50.9 Å². The van der Waals surface area contributed by atoms with E-state index in [0.717, 1.165) is 45.4 Å². The molecule has 3 aromatic rings. The highest BCUT2D eigenvalue weighted by Crippen LogP contribution is 2.30. The molecule has 1 aliphatic heterocycles. The van der Waals surface area contributed by atoms with Crippen molar-refractivity contribution in [2.75, 3.05) is 16.8 Å². The summed E-state index contributed by atoms with van der Waals surface area (Å²) >= 11 is 2.25. The minimum atomic E-state index is -0.211. The van der Waals surface area contributed by atoms with Crippen LogP contribution in [0.2, 0.25) is 0 Å². The van der Waals surface area contributed by atoms with Gasteiger partial charge in [0.05, 0.1) is 5.52 Å². The van der Waals surface area contributed by atoms with Gasteiger partial charge in [-0.1, -0.05) is 12.1 Å². The summed E-state index contributed by atoms with van der Waals surface area (Å²) in [6.07, 6.45) is 3.38. The van der Waals surface area contributed by atoms with E-state index in [4.69, 9.17) is 0 Å². The van der Waals surface area contributed by atoms with Crippen LogP contribution in [0.3, 0.4) is 0 Å². The van der Waals surface area contributed by atoms with Crippen LogP contribution in [0, 0.1) is 3.57 Å². The molecule has 25 heavy (non-hydrogen) atoms. The molecule has 0 spiro atoms. The third kappa shape index (κ3) is 3.30. The molecule has 2 heterocycles. The minimum absolute atomic E-state index is 0.0152. The molecule has 0 bridgehead atoms. The predicted octanol–water partition coefficient (Wildman–Crippen LogP) is 3.84. The number of para-hydroxylation sites is 1. The van der Waals surface area contributed by atoms with Crippen molar-refractivity contribution in [3.05, 3.63) is 58.4 Å². The number of carbonyl (C=O) groups is 1. The first-order valence-corrected chi connectivity index (χ1v) is 9.33. The number of nitrogens with zero attached hydrogens (tertiary/aromatic N) is 3. The van der Waals surface area contributed by atoms with E-state index < -0.39 is 0 Å². The van der Waals surface area contributed by atoms with Gasteiger partial charge in [0.15, 0.2) is 0 Å². The number of hydrogen-bond acceptors (Lipinski definition) is 4. The van der Waals surface area contributed by atoms with Crippen molar-refractivity contribution in [2.45, 2.75) is 18.9 Å². The Hall–Kier alpha value is -2.22. The Balaban J connectivity index is 1.61. The molecule has 0 aliphatic carbocycles. The first-order valence-electron chi connectivity index (χ1n) is 8.25. The molecule has 1 aromatic heterocycles. The van der Waals surface area contributed by atoms with Gasteiger partial charge < -0.3 is 10.2 Å². The fourth-order valence-corrected chi connectivity index (χ4v) is 3.63. The first-order chi connectivity index (χ1) is 12.2. The summed E-state index contributed by atoms with van der Waals surface area (Å²) < 4.78 is 1.14. The number of halogens is 1. The van der Waals surface area contributed by atoms with Gasteiger partial charge in [-0.15, -0.1) is 0 Å². The molecule has 4 rings (SSSR count). The Bertz CT molecular complexity index is 907. The summed E-state index contributed by atoms with van der Waals surface area (Å²) in [6.45, 7) is 0.825. The van der Waals surface area contributed by atoms with E-state index in [9.17, 15) is 4.79 Å². The lowest BCUT2D eigenvalue weighted by Crippen LogP contribution is -2.40. The molecule has 1 amide bonds. The maximum Gasteiger partial charge on any atom is 0.247 e. The highest BCUT2D eigenvalue weighted by molar-refractivity contribution is 14.1. The zero-order valence-corrected chi connectivity index (χ0v) is 15.7. The molecule has 1 atom stereocenters. The molecule has 1 saturated heterocycles. The zero-order valence-electron chi connectivity index (χ0n) is 13.5. The van der Waals surface area contributed by atoms with Gasteiger partial charge in [-0.2, -0.15) is 0 Å². The van der Waals surface area contributed by atoms with E-state index >= 15 is 0 Å². The number of aromatic nitrogens is 2. The molecular formula is C19H17IN4O. The molecule has 1 N–H and O–H groups in total. The SMILES string of the molecule is O=C(Nc1ccc(I)cc1)[C@@H]1CCCN1c1ncnc2ccccc12. The average Bonchev–Trinajstić information content (AvgIpc) is 3.13. The lowest BCUT2D eigenvalue weighted by atomic mass is 10.1. The Morgan fingerprint density at radius 3 is 2.76 bits per heavy atom. The third-order valence-electron chi connectivity index (χ3n) is 4.46. The van der Waals surface area contributed by atoms with Gasteiger partial charge in [0, 0.05) is 21.2 Å². The van der Waals surface area contributed by atoms with Crippen LogP contribution in [0.15, 0.2) is 54.9 Å². The van der Waals surface area contributed by atoms with Gasteiger partial charge in [-0.25, -0.2) is 9.97 Å². The molecule has 0 saturated carbocycles. The van der Waals surface area contributed by atoms with E-state index in [1.807, 2.05) is 48.5 Å². The molecule has 5 nitrogen and oxygen atoms in total. The summed E-state index contributed by atoms with van der Waals surface area (Å²) in [7, 11) is 0. The van der Waals surface area contributed by atoms with Crippen LogP contribution >= 0.6 is 22.6 Å². The fraction of sp³-hybridized carbons (Fsp3) is 0.211.